The molecule has 2 rings (SSSR count). The molecule has 0 aliphatic rings. The van der Waals surface area contributed by atoms with Gasteiger partial charge in [0.05, 0.1) is 11.6 Å². The second kappa shape index (κ2) is 5.68. The van der Waals surface area contributed by atoms with Gasteiger partial charge < -0.3 is 0 Å². The molecule has 0 fully saturated rings. The number of halogens is 2. The maximum Gasteiger partial charge on any atom is 0.124 e. The second-order valence-corrected chi connectivity index (χ2v) is 5.48. The van der Waals surface area contributed by atoms with Crippen molar-refractivity contribution in [3.8, 4) is 0 Å². The summed E-state index contributed by atoms with van der Waals surface area (Å²) in [5, 5.41) is 0. The molecule has 0 amide bonds. The highest BCUT2D eigenvalue weighted by atomic mass is 79.9. The lowest BCUT2D eigenvalue weighted by Crippen LogP contribution is -2.29. The predicted octanol–water partition coefficient (Wildman–Crippen LogP) is 2.79. The molecule has 1 aromatic heterocycles. The number of hydrogen-bond acceptors (Lipinski definition) is 4. The number of benzene rings is 1. The van der Waals surface area contributed by atoms with Crippen molar-refractivity contribution in [1.29, 1.82) is 0 Å². The van der Waals surface area contributed by atoms with Crippen LogP contribution in [0, 0.1) is 5.82 Å². The lowest BCUT2D eigenvalue weighted by molar-refractivity contribution is 0.547. The minimum absolute atomic E-state index is 0.123. The summed E-state index contributed by atoms with van der Waals surface area (Å²) >= 11 is 4.83. The van der Waals surface area contributed by atoms with E-state index >= 15 is 0 Å². The molecule has 0 bridgehead atoms. The Bertz CT molecular complexity index is 469. The summed E-state index contributed by atoms with van der Waals surface area (Å²) in [6, 6.07) is 4.64. The number of aromatic nitrogens is 1. The molecule has 0 radical (unpaired) electrons. The first-order valence-electron chi connectivity index (χ1n) is 4.98. The summed E-state index contributed by atoms with van der Waals surface area (Å²) in [6.45, 7) is 0. The Kier molecular flexibility index (Phi) is 4.22. The standard InChI is InChI=1S/C11H11BrFN3S/c12-8-1-7(2-9(13)3-8)11(16-14)4-10-5-15-6-17-10/h1-3,5-6,11,16H,4,14H2. The fourth-order valence-corrected chi connectivity index (χ4v) is 2.72. The smallest absolute Gasteiger partial charge is 0.124 e. The second-order valence-electron chi connectivity index (χ2n) is 3.59. The summed E-state index contributed by atoms with van der Waals surface area (Å²) in [5.74, 6) is 5.24. The Morgan fingerprint density at radius 2 is 2.29 bits per heavy atom. The third-order valence-corrected chi connectivity index (χ3v) is 3.64. The number of thiazole rings is 1. The first-order chi connectivity index (χ1) is 8.19. The molecular weight excluding hydrogens is 305 g/mol. The highest BCUT2D eigenvalue weighted by Gasteiger charge is 2.13. The van der Waals surface area contributed by atoms with Gasteiger partial charge in [0.2, 0.25) is 0 Å². The van der Waals surface area contributed by atoms with Crippen LogP contribution in [0.4, 0.5) is 4.39 Å². The molecule has 3 nitrogen and oxygen atoms in total. The molecule has 3 N–H and O–H groups in total. The van der Waals surface area contributed by atoms with Gasteiger partial charge in [0.1, 0.15) is 5.82 Å². The van der Waals surface area contributed by atoms with Gasteiger partial charge in [-0.1, -0.05) is 15.9 Å². The lowest BCUT2D eigenvalue weighted by atomic mass is 10.0. The topological polar surface area (TPSA) is 50.9 Å². The monoisotopic (exact) mass is 315 g/mol. The molecule has 0 aliphatic carbocycles. The average Bonchev–Trinajstić information content (AvgIpc) is 2.77. The van der Waals surface area contributed by atoms with Crippen molar-refractivity contribution in [1.82, 2.24) is 10.4 Å². The van der Waals surface area contributed by atoms with Gasteiger partial charge in [-0.05, 0) is 23.8 Å². The van der Waals surface area contributed by atoms with E-state index in [1.807, 2.05) is 6.07 Å². The zero-order valence-corrected chi connectivity index (χ0v) is 11.3. The largest absolute Gasteiger partial charge is 0.271 e. The van der Waals surface area contributed by atoms with E-state index in [2.05, 4.69) is 26.3 Å². The van der Waals surface area contributed by atoms with E-state index in [0.717, 1.165) is 10.4 Å². The van der Waals surface area contributed by atoms with E-state index in [-0.39, 0.29) is 11.9 Å². The molecule has 17 heavy (non-hydrogen) atoms. The molecule has 1 atom stereocenters. The summed E-state index contributed by atoms with van der Waals surface area (Å²) in [4.78, 5) is 5.11. The fraction of sp³-hybridized carbons (Fsp3) is 0.182. The first-order valence-corrected chi connectivity index (χ1v) is 6.66. The van der Waals surface area contributed by atoms with Gasteiger partial charge >= 0.3 is 0 Å². The Labute approximate surface area is 111 Å². The molecule has 0 spiro atoms. The predicted molar refractivity (Wildman–Crippen MR) is 70.0 cm³/mol. The average molecular weight is 316 g/mol. The highest BCUT2D eigenvalue weighted by Crippen LogP contribution is 2.23. The van der Waals surface area contributed by atoms with Crippen LogP contribution in [-0.4, -0.2) is 4.98 Å². The Morgan fingerprint density at radius 3 is 2.88 bits per heavy atom. The van der Waals surface area contributed by atoms with Gasteiger partial charge in [-0.15, -0.1) is 11.3 Å². The van der Waals surface area contributed by atoms with E-state index in [1.165, 1.54) is 12.1 Å². The summed E-state index contributed by atoms with van der Waals surface area (Å²) in [6.07, 6.45) is 2.49. The molecule has 1 unspecified atom stereocenters. The van der Waals surface area contributed by atoms with Crippen LogP contribution in [0.2, 0.25) is 0 Å². The van der Waals surface area contributed by atoms with Crippen molar-refractivity contribution in [3.05, 3.63) is 50.6 Å². The van der Waals surface area contributed by atoms with E-state index in [9.17, 15) is 4.39 Å². The zero-order chi connectivity index (χ0) is 12.3. The quantitative estimate of drug-likeness (QED) is 0.674. The van der Waals surface area contributed by atoms with Gasteiger partial charge in [-0.2, -0.15) is 0 Å². The van der Waals surface area contributed by atoms with Crippen LogP contribution in [0.5, 0.6) is 0 Å². The minimum Gasteiger partial charge on any atom is -0.271 e. The van der Waals surface area contributed by atoms with Crippen LogP contribution >= 0.6 is 27.3 Å². The molecule has 90 valence electrons. The van der Waals surface area contributed by atoms with Crippen LogP contribution < -0.4 is 11.3 Å². The van der Waals surface area contributed by atoms with Gasteiger partial charge in [0, 0.05) is 22.0 Å². The van der Waals surface area contributed by atoms with Crippen LogP contribution in [0.15, 0.2) is 34.4 Å². The van der Waals surface area contributed by atoms with E-state index in [0.29, 0.717) is 10.9 Å². The highest BCUT2D eigenvalue weighted by molar-refractivity contribution is 9.10. The Hall–Kier alpha value is -0.820. The first kappa shape index (κ1) is 12.6. The molecule has 0 saturated carbocycles. The van der Waals surface area contributed by atoms with Crippen LogP contribution in [0.25, 0.3) is 0 Å². The SMILES string of the molecule is NNC(Cc1cncs1)c1cc(F)cc(Br)c1. The van der Waals surface area contributed by atoms with Gasteiger partial charge in [-0.25, -0.2) is 4.39 Å². The van der Waals surface area contributed by atoms with E-state index in [1.54, 1.807) is 23.0 Å². The van der Waals surface area contributed by atoms with E-state index in [4.69, 9.17) is 5.84 Å². The van der Waals surface area contributed by atoms with Crippen molar-refractivity contribution < 1.29 is 4.39 Å². The van der Waals surface area contributed by atoms with Gasteiger partial charge in [0.15, 0.2) is 0 Å². The fourth-order valence-electron chi connectivity index (χ4n) is 1.59. The van der Waals surface area contributed by atoms with Crippen LogP contribution in [0.1, 0.15) is 16.5 Å². The van der Waals surface area contributed by atoms with Crippen molar-refractivity contribution in [2.45, 2.75) is 12.5 Å². The van der Waals surface area contributed by atoms with Gasteiger partial charge in [0.25, 0.3) is 0 Å². The summed E-state index contributed by atoms with van der Waals surface area (Å²) in [5.41, 5.74) is 5.28. The number of rotatable bonds is 4. The maximum atomic E-state index is 13.3. The van der Waals surface area contributed by atoms with Crippen molar-refractivity contribution >= 4 is 27.3 Å². The zero-order valence-electron chi connectivity index (χ0n) is 8.86. The molecule has 1 aromatic carbocycles. The van der Waals surface area contributed by atoms with E-state index < -0.39 is 0 Å². The Balaban J connectivity index is 2.22. The van der Waals surface area contributed by atoms with Crippen molar-refractivity contribution in [3.63, 3.8) is 0 Å². The number of nitrogens with one attached hydrogen (secondary N) is 1. The number of hydrogen-bond donors (Lipinski definition) is 2. The molecular formula is C11H11BrFN3S. The minimum atomic E-state index is -0.279. The Morgan fingerprint density at radius 1 is 1.47 bits per heavy atom. The van der Waals surface area contributed by atoms with Crippen LogP contribution in [-0.2, 0) is 6.42 Å². The lowest BCUT2D eigenvalue weighted by Gasteiger charge is -2.15. The van der Waals surface area contributed by atoms with Gasteiger partial charge in [-0.3, -0.25) is 16.3 Å². The van der Waals surface area contributed by atoms with Crippen LogP contribution in [0.3, 0.4) is 0 Å². The third-order valence-electron chi connectivity index (χ3n) is 2.38. The molecule has 0 saturated heterocycles. The molecule has 6 heteroatoms. The molecule has 0 aliphatic heterocycles. The number of nitrogens with zero attached hydrogens (tertiary/aromatic N) is 1. The summed E-state index contributed by atoms with van der Waals surface area (Å²) in [7, 11) is 0. The summed E-state index contributed by atoms with van der Waals surface area (Å²) < 4.78 is 14.0. The normalized spacial score (nSPS) is 12.6. The molecule has 2 aromatic rings. The van der Waals surface area contributed by atoms with Crippen molar-refractivity contribution in [2.24, 2.45) is 5.84 Å². The molecule has 1 heterocycles. The number of nitrogens with two attached hydrogens (primary N) is 1. The maximum absolute atomic E-state index is 13.3. The van der Waals surface area contributed by atoms with Crippen molar-refractivity contribution in [2.75, 3.05) is 0 Å². The third kappa shape index (κ3) is 3.32. The number of hydrazine groups is 1.